The molecule has 90 valence electrons. The Labute approximate surface area is 97.4 Å². The van der Waals surface area contributed by atoms with Gasteiger partial charge in [-0.3, -0.25) is 0 Å². The number of aliphatic hydroxyl groups excluding tert-OH is 1. The summed E-state index contributed by atoms with van der Waals surface area (Å²) in [7, 11) is 0. The maximum absolute atomic E-state index is 9.59. The number of hydrogen-bond acceptors (Lipinski definition) is 3. The highest BCUT2D eigenvalue weighted by molar-refractivity contribution is 5.14. The third kappa shape index (κ3) is 5.85. The van der Waals surface area contributed by atoms with Gasteiger partial charge in [-0.15, -0.1) is 0 Å². The Hall–Kier alpha value is -0.900. The molecule has 0 unspecified atom stereocenters. The van der Waals surface area contributed by atoms with Gasteiger partial charge in [0.1, 0.15) is 0 Å². The topological polar surface area (TPSA) is 41.5 Å². The first kappa shape index (κ1) is 13.2. The first-order valence-corrected chi connectivity index (χ1v) is 5.73. The molecule has 0 spiro atoms. The maximum Gasteiger partial charge on any atom is 0.0897 e. The van der Waals surface area contributed by atoms with Crippen LogP contribution < -0.4 is 5.32 Å². The molecule has 3 nitrogen and oxygen atoms in total. The van der Waals surface area contributed by atoms with Crippen molar-refractivity contribution in [1.29, 1.82) is 0 Å². The Morgan fingerprint density at radius 2 is 1.94 bits per heavy atom. The van der Waals surface area contributed by atoms with E-state index in [-0.39, 0.29) is 6.10 Å². The van der Waals surface area contributed by atoms with Crippen molar-refractivity contribution in [1.82, 2.24) is 5.32 Å². The standard InChI is InChI=1S/C13H21NO2/c1-11(2)16-10-13(15)9-14-8-12-6-4-3-5-7-12/h3-7,11,13-15H,8-10H2,1-2H3/t13-/m0/s1. The quantitative estimate of drug-likeness (QED) is 0.737. The maximum atomic E-state index is 9.59. The zero-order valence-corrected chi connectivity index (χ0v) is 10.0. The van der Waals surface area contributed by atoms with Crippen LogP contribution in [0.5, 0.6) is 0 Å². The fourth-order valence-electron chi connectivity index (χ4n) is 1.34. The summed E-state index contributed by atoms with van der Waals surface area (Å²) in [4.78, 5) is 0. The van der Waals surface area contributed by atoms with Crippen molar-refractivity contribution < 1.29 is 9.84 Å². The second-order valence-electron chi connectivity index (χ2n) is 4.15. The van der Waals surface area contributed by atoms with E-state index in [0.717, 1.165) is 6.54 Å². The summed E-state index contributed by atoms with van der Waals surface area (Å²) in [5, 5.41) is 12.8. The summed E-state index contributed by atoms with van der Waals surface area (Å²) < 4.78 is 5.32. The molecule has 0 saturated heterocycles. The molecule has 1 rings (SSSR count). The lowest BCUT2D eigenvalue weighted by Gasteiger charge is -2.14. The van der Waals surface area contributed by atoms with Crippen LogP contribution in [0.4, 0.5) is 0 Å². The van der Waals surface area contributed by atoms with Crippen LogP contribution in [0.3, 0.4) is 0 Å². The van der Waals surface area contributed by atoms with Crippen molar-refractivity contribution in [2.75, 3.05) is 13.2 Å². The van der Waals surface area contributed by atoms with Crippen molar-refractivity contribution in [2.24, 2.45) is 0 Å². The van der Waals surface area contributed by atoms with E-state index in [0.29, 0.717) is 13.2 Å². The lowest BCUT2D eigenvalue weighted by Crippen LogP contribution is -2.31. The molecule has 0 aromatic heterocycles. The molecule has 1 atom stereocenters. The normalized spacial score (nSPS) is 13.0. The first-order chi connectivity index (χ1) is 7.68. The van der Waals surface area contributed by atoms with Gasteiger partial charge in [0.05, 0.1) is 18.8 Å². The van der Waals surface area contributed by atoms with Gasteiger partial charge in [-0.1, -0.05) is 30.3 Å². The summed E-state index contributed by atoms with van der Waals surface area (Å²) in [6.45, 7) is 5.65. The van der Waals surface area contributed by atoms with Crippen LogP contribution in [0, 0.1) is 0 Å². The third-order valence-electron chi connectivity index (χ3n) is 2.17. The minimum atomic E-state index is -0.439. The molecule has 1 aromatic carbocycles. The summed E-state index contributed by atoms with van der Waals surface area (Å²) in [5.41, 5.74) is 1.22. The minimum Gasteiger partial charge on any atom is -0.389 e. The van der Waals surface area contributed by atoms with E-state index in [9.17, 15) is 5.11 Å². The average molecular weight is 223 g/mol. The second-order valence-corrected chi connectivity index (χ2v) is 4.15. The number of nitrogens with one attached hydrogen (secondary N) is 1. The van der Waals surface area contributed by atoms with Crippen LogP contribution >= 0.6 is 0 Å². The predicted octanol–water partition coefficient (Wildman–Crippen LogP) is 1.56. The van der Waals surface area contributed by atoms with Gasteiger partial charge in [0.15, 0.2) is 0 Å². The fraction of sp³-hybridized carbons (Fsp3) is 0.538. The lowest BCUT2D eigenvalue weighted by molar-refractivity contribution is 0.00630. The monoisotopic (exact) mass is 223 g/mol. The van der Waals surface area contributed by atoms with Crippen LogP contribution in [0.15, 0.2) is 30.3 Å². The highest BCUT2D eigenvalue weighted by atomic mass is 16.5. The van der Waals surface area contributed by atoms with E-state index in [4.69, 9.17) is 4.74 Å². The Kier molecular flexibility index (Phi) is 6.08. The number of hydrogen-bond donors (Lipinski definition) is 2. The van der Waals surface area contributed by atoms with Crippen LogP contribution in [0.1, 0.15) is 19.4 Å². The second kappa shape index (κ2) is 7.39. The van der Waals surface area contributed by atoms with Crippen LogP contribution in [-0.4, -0.2) is 30.5 Å². The van der Waals surface area contributed by atoms with E-state index in [1.807, 2.05) is 32.0 Å². The molecule has 0 saturated carbocycles. The molecule has 0 aliphatic rings. The highest BCUT2D eigenvalue weighted by Gasteiger charge is 2.04. The fourth-order valence-corrected chi connectivity index (χ4v) is 1.34. The van der Waals surface area contributed by atoms with Gasteiger partial charge in [-0.25, -0.2) is 0 Å². The van der Waals surface area contributed by atoms with Crippen molar-refractivity contribution in [3.05, 3.63) is 35.9 Å². The highest BCUT2D eigenvalue weighted by Crippen LogP contribution is 1.97. The Balaban J connectivity index is 2.11. The molecular weight excluding hydrogens is 202 g/mol. The van der Waals surface area contributed by atoms with Gasteiger partial charge in [-0.05, 0) is 19.4 Å². The molecule has 2 N–H and O–H groups in total. The van der Waals surface area contributed by atoms with E-state index in [2.05, 4.69) is 17.4 Å². The predicted molar refractivity (Wildman–Crippen MR) is 65.2 cm³/mol. The number of ether oxygens (including phenoxy) is 1. The summed E-state index contributed by atoms with van der Waals surface area (Å²) in [6.07, 6.45) is -0.269. The van der Waals surface area contributed by atoms with Crippen molar-refractivity contribution in [2.45, 2.75) is 32.6 Å². The smallest absolute Gasteiger partial charge is 0.0897 e. The zero-order chi connectivity index (χ0) is 11.8. The largest absolute Gasteiger partial charge is 0.389 e. The van der Waals surface area contributed by atoms with Gasteiger partial charge >= 0.3 is 0 Å². The third-order valence-corrected chi connectivity index (χ3v) is 2.17. The van der Waals surface area contributed by atoms with E-state index >= 15 is 0 Å². The van der Waals surface area contributed by atoms with Crippen LogP contribution in [-0.2, 0) is 11.3 Å². The van der Waals surface area contributed by atoms with Gasteiger partial charge in [-0.2, -0.15) is 0 Å². The van der Waals surface area contributed by atoms with Crippen molar-refractivity contribution >= 4 is 0 Å². The van der Waals surface area contributed by atoms with Crippen molar-refractivity contribution in [3.63, 3.8) is 0 Å². The number of rotatable bonds is 7. The number of aliphatic hydroxyl groups is 1. The summed E-state index contributed by atoms with van der Waals surface area (Å²) in [6, 6.07) is 10.1. The molecule has 0 aliphatic heterocycles. The Morgan fingerprint density at radius 3 is 2.56 bits per heavy atom. The molecule has 0 radical (unpaired) electrons. The van der Waals surface area contributed by atoms with E-state index < -0.39 is 6.10 Å². The van der Waals surface area contributed by atoms with Gasteiger partial charge in [0, 0.05) is 13.1 Å². The van der Waals surface area contributed by atoms with Gasteiger partial charge in [0.2, 0.25) is 0 Å². The van der Waals surface area contributed by atoms with Crippen LogP contribution in [0.2, 0.25) is 0 Å². The molecule has 1 aromatic rings. The minimum absolute atomic E-state index is 0.170. The SMILES string of the molecule is CC(C)OC[C@@H](O)CNCc1ccccc1. The molecule has 0 heterocycles. The van der Waals surface area contributed by atoms with Crippen LogP contribution in [0.25, 0.3) is 0 Å². The van der Waals surface area contributed by atoms with Crippen molar-refractivity contribution in [3.8, 4) is 0 Å². The molecule has 0 amide bonds. The Morgan fingerprint density at radius 1 is 1.25 bits per heavy atom. The molecule has 0 bridgehead atoms. The molecule has 0 aliphatic carbocycles. The lowest BCUT2D eigenvalue weighted by atomic mass is 10.2. The molecule has 3 heteroatoms. The number of benzene rings is 1. The summed E-state index contributed by atoms with van der Waals surface area (Å²) >= 11 is 0. The molecule has 0 fully saturated rings. The van der Waals surface area contributed by atoms with Gasteiger partial charge < -0.3 is 15.2 Å². The van der Waals surface area contributed by atoms with Gasteiger partial charge in [0.25, 0.3) is 0 Å². The zero-order valence-electron chi connectivity index (χ0n) is 10.0. The average Bonchev–Trinajstić information content (AvgIpc) is 2.28. The van der Waals surface area contributed by atoms with E-state index in [1.165, 1.54) is 5.56 Å². The molecular formula is C13H21NO2. The summed E-state index contributed by atoms with van der Waals surface area (Å²) in [5.74, 6) is 0. The Bertz CT molecular complexity index is 275. The first-order valence-electron chi connectivity index (χ1n) is 5.73. The van der Waals surface area contributed by atoms with E-state index in [1.54, 1.807) is 0 Å². The molecule has 16 heavy (non-hydrogen) atoms.